The molecule has 2 aliphatic heterocycles. The summed E-state index contributed by atoms with van der Waals surface area (Å²) in [5, 5.41) is 3.77. The van der Waals surface area contributed by atoms with Gasteiger partial charge in [-0.1, -0.05) is 25.1 Å². The third kappa shape index (κ3) is 2.45. The molecular weight excluding hydrogens is 248 g/mol. The van der Waals surface area contributed by atoms with E-state index in [1.807, 2.05) is 6.07 Å². The number of likely N-dealkylation sites (N-methyl/N-ethyl adjacent to an activating group) is 1. The highest BCUT2D eigenvalue weighted by Gasteiger charge is 2.41. The second kappa shape index (κ2) is 5.38. The monoisotopic (exact) mass is 274 g/mol. The molecule has 1 aromatic rings. The molecule has 3 rings (SSSR count). The van der Waals surface area contributed by atoms with Crippen molar-refractivity contribution in [3.8, 4) is 5.75 Å². The van der Waals surface area contributed by atoms with Crippen molar-refractivity contribution in [2.45, 2.75) is 51.3 Å². The molecule has 2 unspecified atom stereocenters. The lowest BCUT2D eigenvalue weighted by molar-refractivity contribution is 0.0927. The Morgan fingerprint density at radius 3 is 2.95 bits per heavy atom. The van der Waals surface area contributed by atoms with Crippen molar-refractivity contribution in [2.24, 2.45) is 0 Å². The van der Waals surface area contributed by atoms with Gasteiger partial charge in [-0.15, -0.1) is 0 Å². The minimum Gasteiger partial charge on any atom is -0.486 e. The highest BCUT2D eigenvalue weighted by Crippen LogP contribution is 2.42. The van der Waals surface area contributed by atoms with E-state index in [4.69, 9.17) is 4.74 Å². The highest BCUT2D eigenvalue weighted by atomic mass is 16.5. The number of rotatable bonds is 4. The molecular formula is C17H26N2O. The van der Waals surface area contributed by atoms with E-state index in [0.29, 0.717) is 6.04 Å². The van der Waals surface area contributed by atoms with E-state index in [1.165, 1.54) is 24.9 Å². The summed E-state index contributed by atoms with van der Waals surface area (Å²) < 4.78 is 6.10. The van der Waals surface area contributed by atoms with Crippen molar-refractivity contribution < 1.29 is 4.74 Å². The van der Waals surface area contributed by atoms with Crippen molar-refractivity contribution in [2.75, 3.05) is 19.6 Å². The van der Waals surface area contributed by atoms with Crippen LogP contribution in [0.1, 0.15) is 45.2 Å². The van der Waals surface area contributed by atoms with Crippen LogP contribution in [0, 0.1) is 0 Å². The molecule has 1 saturated heterocycles. The highest BCUT2D eigenvalue weighted by molar-refractivity contribution is 5.42. The average Bonchev–Trinajstić information content (AvgIpc) is 2.96. The Morgan fingerprint density at radius 2 is 2.15 bits per heavy atom. The summed E-state index contributed by atoms with van der Waals surface area (Å²) in [6.45, 7) is 10.1. The fourth-order valence-electron chi connectivity index (χ4n) is 3.68. The number of para-hydroxylation sites is 1. The van der Waals surface area contributed by atoms with Crippen LogP contribution < -0.4 is 10.1 Å². The van der Waals surface area contributed by atoms with E-state index in [2.05, 4.69) is 49.2 Å². The van der Waals surface area contributed by atoms with Gasteiger partial charge in [-0.3, -0.25) is 4.90 Å². The summed E-state index contributed by atoms with van der Waals surface area (Å²) in [6, 6.07) is 9.39. The van der Waals surface area contributed by atoms with Gasteiger partial charge in [0.1, 0.15) is 11.4 Å². The standard InChI is InChI=1S/C17H26N2O/c1-4-19-11-7-8-13(19)12-18-16-14-9-5-6-10-15(14)20-17(16,2)3/h5-6,9-10,13,16,18H,4,7-8,11-12H2,1-3H3. The van der Waals surface area contributed by atoms with Gasteiger partial charge < -0.3 is 10.1 Å². The van der Waals surface area contributed by atoms with Crippen LogP contribution in [-0.2, 0) is 0 Å². The summed E-state index contributed by atoms with van der Waals surface area (Å²) in [6.07, 6.45) is 2.65. The summed E-state index contributed by atoms with van der Waals surface area (Å²) in [7, 11) is 0. The van der Waals surface area contributed by atoms with Gasteiger partial charge in [0.2, 0.25) is 0 Å². The number of nitrogens with zero attached hydrogens (tertiary/aromatic N) is 1. The number of fused-ring (bicyclic) bond motifs is 1. The Balaban J connectivity index is 1.70. The van der Waals surface area contributed by atoms with Gasteiger partial charge in [0.05, 0.1) is 6.04 Å². The molecule has 0 saturated carbocycles. The number of likely N-dealkylation sites (tertiary alicyclic amines) is 1. The van der Waals surface area contributed by atoms with Crippen LogP contribution in [-0.4, -0.2) is 36.2 Å². The first-order valence-electron chi connectivity index (χ1n) is 7.87. The molecule has 2 atom stereocenters. The van der Waals surface area contributed by atoms with Crippen LogP contribution in [0.2, 0.25) is 0 Å². The smallest absolute Gasteiger partial charge is 0.125 e. The molecule has 2 aliphatic rings. The Morgan fingerprint density at radius 1 is 1.35 bits per heavy atom. The second-order valence-corrected chi connectivity index (χ2v) is 6.51. The molecule has 3 nitrogen and oxygen atoms in total. The molecule has 3 heteroatoms. The predicted molar refractivity (Wildman–Crippen MR) is 82.2 cm³/mol. The van der Waals surface area contributed by atoms with Gasteiger partial charge in [0.15, 0.2) is 0 Å². The molecule has 0 aromatic heterocycles. The van der Waals surface area contributed by atoms with Crippen molar-refractivity contribution in [1.29, 1.82) is 0 Å². The molecule has 2 heterocycles. The fraction of sp³-hybridized carbons (Fsp3) is 0.647. The number of ether oxygens (including phenoxy) is 1. The van der Waals surface area contributed by atoms with Gasteiger partial charge >= 0.3 is 0 Å². The van der Waals surface area contributed by atoms with Gasteiger partial charge in [-0.25, -0.2) is 0 Å². The van der Waals surface area contributed by atoms with Crippen molar-refractivity contribution in [3.05, 3.63) is 29.8 Å². The molecule has 0 radical (unpaired) electrons. The molecule has 1 aromatic carbocycles. The van der Waals surface area contributed by atoms with Crippen molar-refractivity contribution in [1.82, 2.24) is 10.2 Å². The largest absolute Gasteiger partial charge is 0.486 e. The number of benzene rings is 1. The zero-order chi connectivity index (χ0) is 14.2. The predicted octanol–water partition coefficient (Wildman–Crippen LogP) is 2.97. The van der Waals surface area contributed by atoms with E-state index in [1.54, 1.807) is 0 Å². The first-order valence-corrected chi connectivity index (χ1v) is 7.87. The van der Waals surface area contributed by atoms with Crippen LogP contribution in [0.15, 0.2) is 24.3 Å². The second-order valence-electron chi connectivity index (χ2n) is 6.51. The quantitative estimate of drug-likeness (QED) is 0.913. The third-order valence-electron chi connectivity index (χ3n) is 4.76. The number of hydrogen-bond acceptors (Lipinski definition) is 3. The minimum atomic E-state index is -0.167. The first-order chi connectivity index (χ1) is 9.62. The summed E-state index contributed by atoms with van der Waals surface area (Å²) in [5.74, 6) is 1.04. The van der Waals surface area contributed by atoms with E-state index in [0.717, 1.165) is 18.8 Å². The SMILES string of the molecule is CCN1CCCC1CNC1c2ccccc2OC1(C)C. The lowest BCUT2D eigenvalue weighted by Crippen LogP contribution is -2.44. The Bertz CT molecular complexity index is 472. The normalized spacial score (nSPS) is 28.4. The average molecular weight is 274 g/mol. The number of hydrogen-bond donors (Lipinski definition) is 1. The Labute approximate surface area is 122 Å². The van der Waals surface area contributed by atoms with Gasteiger partial charge in [0.25, 0.3) is 0 Å². The third-order valence-corrected chi connectivity index (χ3v) is 4.76. The molecule has 1 N–H and O–H groups in total. The molecule has 0 spiro atoms. The minimum absolute atomic E-state index is 0.167. The molecule has 0 amide bonds. The molecule has 0 aliphatic carbocycles. The maximum atomic E-state index is 6.10. The lowest BCUT2D eigenvalue weighted by Gasteiger charge is -2.30. The lowest BCUT2D eigenvalue weighted by atomic mass is 9.94. The maximum absolute atomic E-state index is 6.10. The van der Waals surface area contributed by atoms with Gasteiger partial charge in [-0.05, 0) is 45.8 Å². The van der Waals surface area contributed by atoms with E-state index in [-0.39, 0.29) is 11.6 Å². The Kier molecular flexibility index (Phi) is 3.74. The van der Waals surface area contributed by atoms with Gasteiger partial charge in [0, 0.05) is 18.2 Å². The van der Waals surface area contributed by atoms with E-state index >= 15 is 0 Å². The van der Waals surface area contributed by atoms with Crippen LogP contribution in [0.5, 0.6) is 5.75 Å². The molecule has 0 bridgehead atoms. The number of nitrogens with one attached hydrogen (secondary N) is 1. The first kappa shape index (κ1) is 13.9. The summed E-state index contributed by atoms with van der Waals surface area (Å²) in [5.41, 5.74) is 1.14. The summed E-state index contributed by atoms with van der Waals surface area (Å²) >= 11 is 0. The van der Waals surface area contributed by atoms with Crippen LogP contribution in [0.4, 0.5) is 0 Å². The summed E-state index contributed by atoms with van der Waals surface area (Å²) in [4.78, 5) is 2.59. The van der Waals surface area contributed by atoms with Crippen LogP contribution in [0.3, 0.4) is 0 Å². The topological polar surface area (TPSA) is 24.5 Å². The van der Waals surface area contributed by atoms with E-state index in [9.17, 15) is 0 Å². The molecule has 20 heavy (non-hydrogen) atoms. The van der Waals surface area contributed by atoms with Crippen LogP contribution in [0.25, 0.3) is 0 Å². The fourth-order valence-corrected chi connectivity index (χ4v) is 3.68. The van der Waals surface area contributed by atoms with Crippen molar-refractivity contribution in [3.63, 3.8) is 0 Å². The van der Waals surface area contributed by atoms with Crippen LogP contribution >= 0.6 is 0 Å². The zero-order valence-electron chi connectivity index (χ0n) is 12.9. The van der Waals surface area contributed by atoms with E-state index < -0.39 is 0 Å². The van der Waals surface area contributed by atoms with Gasteiger partial charge in [-0.2, -0.15) is 0 Å². The molecule has 110 valence electrons. The van der Waals surface area contributed by atoms with Crippen molar-refractivity contribution >= 4 is 0 Å². The molecule has 1 fully saturated rings. The Hall–Kier alpha value is -1.06. The zero-order valence-corrected chi connectivity index (χ0v) is 12.9. The maximum Gasteiger partial charge on any atom is 0.125 e.